The lowest BCUT2D eigenvalue weighted by Crippen LogP contribution is -2.42. The van der Waals surface area contributed by atoms with Gasteiger partial charge in [0.25, 0.3) is 5.56 Å². The summed E-state index contributed by atoms with van der Waals surface area (Å²) < 4.78 is 0. The van der Waals surface area contributed by atoms with Gasteiger partial charge in [-0.15, -0.1) is 0 Å². The molecule has 3 N–H and O–H groups in total. The number of halogens is 1. The van der Waals surface area contributed by atoms with E-state index in [0.717, 1.165) is 25.1 Å². The number of piperidine rings is 1. The standard InChI is InChI=1S/C22H26ClN5O3/c1-11-4-5-16(15(23)7-11)24-20(30)14-8-17(29)25-19-18(14)21(31)27-22(26-19)28-9-12(2)6-13(3)10-28/h4-5,7,12-14H,6,8-10H2,1-3H3,(H,24,30)(H2,25,26,27,29,31)/t12-,13+,14-/m1/s1. The van der Waals surface area contributed by atoms with E-state index in [4.69, 9.17) is 11.6 Å². The van der Waals surface area contributed by atoms with Gasteiger partial charge >= 0.3 is 0 Å². The summed E-state index contributed by atoms with van der Waals surface area (Å²) in [5.74, 6) is -0.268. The summed E-state index contributed by atoms with van der Waals surface area (Å²) in [5, 5.41) is 5.80. The third-order valence-corrected chi connectivity index (χ3v) is 6.12. The van der Waals surface area contributed by atoms with Crippen molar-refractivity contribution in [3.63, 3.8) is 0 Å². The zero-order chi connectivity index (χ0) is 22.3. The smallest absolute Gasteiger partial charge is 0.258 e. The fourth-order valence-corrected chi connectivity index (χ4v) is 4.79. The molecule has 9 heteroatoms. The Morgan fingerprint density at radius 2 is 1.94 bits per heavy atom. The zero-order valence-corrected chi connectivity index (χ0v) is 18.5. The quantitative estimate of drug-likeness (QED) is 0.674. The van der Waals surface area contributed by atoms with Crippen molar-refractivity contribution in [2.75, 3.05) is 28.6 Å². The van der Waals surface area contributed by atoms with Crippen LogP contribution in [0.3, 0.4) is 0 Å². The van der Waals surface area contributed by atoms with Crippen LogP contribution in [0.25, 0.3) is 0 Å². The van der Waals surface area contributed by atoms with Gasteiger partial charge in [-0.3, -0.25) is 19.4 Å². The molecule has 3 atom stereocenters. The number of rotatable bonds is 3. The highest BCUT2D eigenvalue weighted by atomic mass is 35.5. The number of hydrogen-bond acceptors (Lipinski definition) is 5. The summed E-state index contributed by atoms with van der Waals surface area (Å²) >= 11 is 6.22. The van der Waals surface area contributed by atoms with Crippen molar-refractivity contribution in [2.45, 2.75) is 39.5 Å². The maximum Gasteiger partial charge on any atom is 0.258 e. The minimum absolute atomic E-state index is 0.135. The van der Waals surface area contributed by atoms with Gasteiger partial charge in [0.05, 0.1) is 22.2 Å². The average molecular weight is 444 g/mol. The maximum atomic E-state index is 13.0. The summed E-state index contributed by atoms with van der Waals surface area (Å²) in [5.41, 5.74) is 1.14. The number of carbonyl (C=O) groups excluding carboxylic acids is 2. The molecular formula is C22H26ClN5O3. The normalized spacial score (nSPS) is 23.2. The number of nitrogens with one attached hydrogen (secondary N) is 3. The molecule has 1 aromatic carbocycles. The van der Waals surface area contributed by atoms with Gasteiger partial charge in [-0.05, 0) is 42.9 Å². The second kappa shape index (κ2) is 8.34. The Morgan fingerprint density at radius 3 is 2.61 bits per heavy atom. The number of carbonyl (C=O) groups is 2. The highest BCUT2D eigenvalue weighted by molar-refractivity contribution is 6.33. The molecule has 0 aliphatic carbocycles. The van der Waals surface area contributed by atoms with E-state index >= 15 is 0 Å². The summed E-state index contributed by atoms with van der Waals surface area (Å²) in [6, 6.07) is 5.26. The lowest BCUT2D eigenvalue weighted by atomic mass is 9.91. The highest BCUT2D eigenvalue weighted by Crippen LogP contribution is 2.32. The van der Waals surface area contributed by atoms with Crippen LogP contribution in [0.15, 0.2) is 23.0 Å². The third-order valence-electron chi connectivity index (χ3n) is 5.81. The Morgan fingerprint density at radius 1 is 1.23 bits per heavy atom. The molecule has 3 heterocycles. The van der Waals surface area contributed by atoms with Gasteiger partial charge in [0.1, 0.15) is 5.82 Å². The molecule has 0 saturated carbocycles. The Bertz CT molecular complexity index is 1090. The van der Waals surface area contributed by atoms with Crippen LogP contribution in [0.2, 0.25) is 5.02 Å². The van der Waals surface area contributed by atoms with E-state index in [1.165, 1.54) is 0 Å². The minimum atomic E-state index is -0.953. The van der Waals surface area contributed by atoms with Crippen molar-refractivity contribution < 1.29 is 9.59 Å². The molecule has 0 radical (unpaired) electrons. The zero-order valence-electron chi connectivity index (χ0n) is 17.8. The number of aromatic amines is 1. The van der Waals surface area contributed by atoms with E-state index in [2.05, 4.69) is 34.4 Å². The van der Waals surface area contributed by atoms with Gasteiger partial charge in [-0.1, -0.05) is 31.5 Å². The van der Waals surface area contributed by atoms with Crippen molar-refractivity contribution in [3.05, 3.63) is 44.7 Å². The number of aryl methyl sites for hydroxylation is 1. The molecule has 164 valence electrons. The summed E-state index contributed by atoms with van der Waals surface area (Å²) in [4.78, 5) is 47.7. The van der Waals surface area contributed by atoms with Gasteiger partial charge in [0, 0.05) is 19.5 Å². The van der Waals surface area contributed by atoms with Crippen LogP contribution in [0.4, 0.5) is 17.5 Å². The number of anilines is 3. The molecule has 1 saturated heterocycles. The third kappa shape index (κ3) is 4.44. The van der Waals surface area contributed by atoms with Crippen LogP contribution in [-0.2, 0) is 9.59 Å². The van der Waals surface area contributed by atoms with Crippen molar-refractivity contribution in [2.24, 2.45) is 11.8 Å². The number of H-pyrrole nitrogens is 1. The van der Waals surface area contributed by atoms with Crippen LogP contribution in [0.1, 0.15) is 43.7 Å². The molecule has 1 fully saturated rings. The van der Waals surface area contributed by atoms with Gasteiger partial charge < -0.3 is 15.5 Å². The number of aromatic nitrogens is 2. The Labute approximate surface area is 185 Å². The fourth-order valence-electron chi connectivity index (χ4n) is 4.51. The lowest BCUT2D eigenvalue weighted by Gasteiger charge is -2.35. The van der Waals surface area contributed by atoms with E-state index in [0.29, 0.717) is 28.5 Å². The van der Waals surface area contributed by atoms with Crippen molar-refractivity contribution in [1.29, 1.82) is 0 Å². The largest absolute Gasteiger partial charge is 0.342 e. The SMILES string of the molecule is Cc1ccc(NC(=O)[C@@H]2CC(=O)Nc3nc(N4C[C@H](C)C[C@H](C)C4)[nH]c(=O)c32)c(Cl)c1. The molecule has 2 aromatic rings. The Kier molecular flexibility index (Phi) is 5.75. The fraction of sp³-hybridized carbons (Fsp3) is 0.455. The molecule has 4 rings (SSSR count). The first-order valence-corrected chi connectivity index (χ1v) is 10.8. The number of fused-ring (bicyclic) bond motifs is 1. The summed E-state index contributed by atoms with van der Waals surface area (Å²) in [6.45, 7) is 7.77. The van der Waals surface area contributed by atoms with E-state index < -0.39 is 17.4 Å². The van der Waals surface area contributed by atoms with Gasteiger partial charge in [0.2, 0.25) is 17.8 Å². The first-order chi connectivity index (χ1) is 14.7. The molecule has 2 aliphatic rings. The summed E-state index contributed by atoms with van der Waals surface area (Å²) in [6.07, 6.45) is 0.983. The first kappa shape index (κ1) is 21.4. The van der Waals surface area contributed by atoms with Gasteiger partial charge in [-0.2, -0.15) is 4.98 Å². The Hall–Kier alpha value is -2.87. The van der Waals surface area contributed by atoms with Crippen LogP contribution >= 0.6 is 11.6 Å². The van der Waals surface area contributed by atoms with Crippen LogP contribution in [0, 0.1) is 18.8 Å². The van der Waals surface area contributed by atoms with E-state index in [1.807, 2.05) is 17.9 Å². The van der Waals surface area contributed by atoms with Crippen LogP contribution in [-0.4, -0.2) is 34.9 Å². The number of amides is 2. The minimum Gasteiger partial charge on any atom is -0.342 e. The van der Waals surface area contributed by atoms with E-state index in [-0.39, 0.29) is 23.7 Å². The molecule has 2 amide bonds. The maximum absolute atomic E-state index is 13.0. The molecular weight excluding hydrogens is 418 g/mol. The Balaban J connectivity index is 1.65. The van der Waals surface area contributed by atoms with Crippen LogP contribution in [0.5, 0.6) is 0 Å². The number of nitrogens with zero attached hydrogens (tertiary/aromatic N) is 2. The number of hydrogen-bond donors (Lipinski definition) is 3. The summed E-state index contributed by atoms with van der Waals surface area (Å²) in [7, 11) is 0. The molecule has 1 aromatic heterocycles. The van der Waals surface area contributed by atoms with Gasteiger partial charge in [0.15, 0.2) is 0 Å². The van der Waals surface area contributed by atoms with Crippen LogP contribution < -0.4 is 21.1 Å². The predicted octanol–water partition coefficient (Wildman–Crippen LogP) is 3.28. The first-order valence-electron chi connectivity index (χ1n) is 10.5. The average Bonchev–Trinajstić information content (AvgIpc) is 2.68. The van der Waals surface area contributed by atoms with E-state index in [9.17, 15) is 14.4 Å². The highest BCUT2D eigenvalue weighted by Gasteiger charge is 2.36. The van der Waals surface area contributed by atoms with Crippen molar-refractivity contribution in [3.8, 4) is 0 Å². The van der Waals surface area contributed by atoms with Crippen molar-refractivity contribution in [1.82, 2.24) is 9.97 Å². The van der Waals surface area contributed by atoms with Gasteiger partial charge in [-0.25, -0.2) is 0 Å². The molecule has 0 bridgehead atoms. The molecule has 8 nitrogen and oxygen atoms in total. The second-order valence-electron chi connectivity index (χ2n) is 8.78. The predicted molar refractivity (Wildman–Crippen MR) is 121 cm³/mol. The molecule has 31 heavy (non-hydrogen) atoms. The number of benzene rings is 1. The van der Waals surface area contributed by atoms with Crippen molar-refractivity contribution >= 4 is 40.9 Å². The molecule has 2 aliphatic heterocycles. The molecule has 0 spiro atoms. The lowest BCUT2D eigenvalue weighted by molar-refractivity contribution is -0.123. The second-order valence-corrected chi connectivity index (χ2v) is 9.19. The monoisotopic (exact) mass is 443 g/mol. The topological polar surface area (TPSA) is 107 Å². The van der Waals surface area contributed by atoms with E-state index in [1.54, 1.807) is 12.1 Å². The molecule has 0 unspecified atom stereocenters.